The molecule has 3 unspecified atom stereocenters. The van der Waals surface area contributed by atoms with Gasteiger partial charge in [-0.25, -0.2) is 0 Å². The lowest BCUT2D eigenvalue weighted by atomic mass is 9.85. The SMILES string of the molecule is CC(C)C(C)N(C)C1(CN)CCCSC1C. The van der Waals surface area contributed by atoms with Crippen molar-refractivity contribution in [1.29, 1.82) is 0 Å². The van der Waals surface area contributed by atoms with Crippen molar-refractivity contribution in [3.8, 4) is 0 Å². The van der Waals surface area contributed by atoms with Gasteiger partial charge in [0, 0.05) is 23.4 Å². The first-order chi connectivity index (χ1) is 7.45. The van der Waals surface area contributed by atoms with Crippen molar-refractivity contribution < 1.29 is 0 Å². The molecular formula is C13H28N2S. The van der Waals surface area contributed by atoms with Crippen molar-refractivity contribution in [1.82, 2.24) is 4.90 Å². The molecule has 1 heterocycles. The fraction of sp³-hybridized carbons (Fsp3) is 1.00. The summed E-state index contributed by atoms with van der Waals surface area (Å²) in [4.78, 5) is 2.55. The van der Waals surface area contributed by atoms with Gasteiger partial charge in [-0.15, -0.1) is 0 Å². The van der Waals surface area contributed by atoms with Gasteiger partial charge in [0.25, 0.3) is 0 Å². The minimum Gasteiger partial charge on any atom is -0.329 e. The number of nitrogens with zero attached hydrogens (tertiary/aromatic N) is 1. The molecule has 0 saturated carbocycles. The Kier molecular flexibility index (Phi) is 5.14. The third kappa shape index (κ3) is 2.57. The van der Waals surface area contributed by atoms with E-state index in [0.717, 1.165) is 6.54 Å². The van der Waals surface area contributed by atoms with Crippen LogP contribution in [-0.2, 0) is 0 Å². The van der Waals surface area contributed by atoms with Crippen molar-refractivity contribution in [3.63, 3.8) is 0 Å². The van der Waals surface area contributed by atoms with Crippen LogP contribution in [0, 0.1) is 5.92 Å². The maximum Gasteiger partial charge on any atom is 0.0447 e. The Morgan fingerprint density at radius 1 is 1.44 bits per heavy atom. The average molecular weight is 244 g/mol. The van der Waals surface area contributed by atoms with Gasteiger partial charge in [-0.1, -0.05) is 20.8 Å². The maximum absolute atomic E-state index is 6.11. The molecule has 2 nitrogen and oxygen atoms in total. The zero-order chi connectivity index (χ0) is 12.3. The molecule has 3 heteroatoms. The van der Waals surface area contributed by atoms with E-state index in [1.807, 2.05) is 0 Å². The Hall–Kier alpha value is 0.270. The minimum absolute atomic E-state index is 0.215. The normalized spacial score (nSPS) is 33.4. The standard InChI is InChI=1S/C13H28N2S/c1-10(2)11(3)15(5)13(9-14)7-6-8-16-12(13)4/h10-12H,6-9,14H2,1-5H3. The number of likely N-dealkylation sites (N-methyl/N-ethyl adjacent to an activating group) is 1. The van der Waals surface area contributed by atoms with Crippen LogP contribution < -0.4 is 5.73 Å². The van der Waals surface area contributed by atoms with E-state index in [4.69, 9.17) is 5.73 Å². The van der Waals surface area contributed by atoms with Crippen LogP contribution in [0.4, 0.5) is 0 Å². The number of hydrogen-bond donors (Lipinski definition) is 1. The molecule has 0 aliphatic carbocycles. The third-order valence-corrected chi connectivity index (χ3v) is 5.97. The van der Waals surface area contributed by atoms with Crippen molar-refractivity contribution >= 4 is 11.8 Å². The van der Waals surface area contributed by atoms with Crippen LogP contribution >= 0.6 is 11.8 Å². The van der Waals surface area contributed by atoms with Crippen LogP contribution in [-0.4, -0.2) is 41.1 Å². The lowest BCUT2D eigenvalue weighted by Crippen LogP contribution is -2.62. The summed E-state index contributed by atoms with van der Waals surface area (Å²) in [5.41, 5.74) is 6.33. The summed E-state index contributed by atoms with van der Waals surface area (Å²) in [5.74, 6) is 1.99. The molecule has 2 N–H and O–H groups in total. The molecule has 0 bridgehead atoms. The fourth-order valence-electron chi connectivity index (χ4n) is 2.72. The van der Waals surface area contributed by atoms with E-state index in [-0.39, 0.29) is 5.54 Å². The molecule has 0 radical (unpaired) electrons. The predicted molar refractivity (Wildman–Crippen MR) is 75.0 cm³/mol. The summed E-state index contributed by atoms with van der Waals surface area (Å²) in [6, 6.07) is 0.602. The molecule has 0 aromatic carbocycles. The van der Waals surface area contributed by atoms with Gasteiger partial charge < -0.3 is 5.73 Å². The van der Waals surface area contributed by atoms with E-state index >= 15 is 0 Å². The molecule has 1 fully saturated rings. The topological polar surface area (TPSA) is 29.3 Å². The Bertz CT molecular complexity index is 220. The highest BCUT2D eigenvalue weighted by molar-refractivity contribution is 8.00. The Morgan fingerprint density at radius 3 is 2.50 bits per heavy atom. The first-order valence-corrected chi connectivity index (χ1v) is 7.55. The smallest absolute Gasteiger partial charge is 0.0447 e. The molecule has 1 rings (SSSR count). The lowest BCUT2D eigenvalue weighted by Gasteiger charge is -2.51. The van der Waals surface area contributed by atoms with Crippen LogP contribution in [0.25, 0.3) is 0 Å². The Morgan fingerprint density at radius 2 is 2.06 bits per heavy atom. The highest BCUT2D eigenvalue weighted by atomic mass is 32.2. The van der Waals surface area contributed by atoms with Gasteiger partial charge in [-0.2, -0.15) is 11.8 Å². The van der Waals surface area contributed by atoms with Crippen molar-refractivity contribution in [3.05, 3.63) is 0 Å². The minimum atomic E-state index is 0.215. The quantitative estimate of drug-likeness (QED) is 0.824. The van der Waals surface area contributed by atoms with Gasteiger partial charge in [0.05, 0.1) is 0 Å². The van der Waals surface area contributed by atoms with Crippen molar-refractivity contribution in [2.45, 2.75) is 57.4 Å². The van der Waals surface area contributed by atoms with Crippen LogP contribution in [0.5, 0.6) is 0 Å². The molecule has 0 aromatic rings. The molecule has 1 saturated heterocycles. The zero-order valence-electron chi connectivity index (χ0n) is 11.5. The highest BCUT2D eigenvalue weighted by Gasteiger charge is 2.42. The summed E-state index contributed by atoms with van der Waals surface area (Å²) in [6.07, 6.45) is 2.56. The van der Waals surface area contributed by atoms with Gasteiger partial charge in [0.15, 0.2) is 0 Å². The molecule has 16 heavy (non-hydrogen) atoms. The monoisotopic (exact) mass is 244 g/mol. The van der Waals surface area contributed by atoms with E-state index in [2.05, 4.69) is 51.4 Å². The summed E-state index contributed by atoms with van der Waals surface area (Å²) in [7, 11) is 2.26. The molecule has 0 aromatic heterocycles. The number of thioether (sulfide) groups is 1. The van der Waals surface area contributed by atoms with Gasteiger partial charge in [0.2, 0.25) is 0 Å². The number of hydrogen-bond acceptors (Lipinski definition) is 3. The molecule has 0 spiro atoms. The molecule has 1 aliphatic heterocycles. The van der Waals surface area contributed by atoms with Crippen LogP contribution in [0.2, 0.25) is 0 Å². The Balaban J connectivity index is 2.85. The summed E-state index contributed by atoms with van der Waals surface area (Å²) < 4.78 is 0. The second-order valence-corrected chi connectivity index (χ2v) is 6.97. The summed E-state index contributed by atoms with van der Waals surface area (Å²) in [5, 5.41) is 0.650. The highest BCUT2D eigenvalue weighted by Crippen LogP contribution is 2.38. The summed E-state index contributed by atoms with van der Waals surface area (Å²) >= 11 is 2.09. The molecular weight excluding hydrogens is 216 g/mol. The summed E-state index contributed by atoms with van der Waals surface area (Å²) in [6.45, 7) is 10.1. The van der Waals surface area contributed by atoms with E-state index in [1.54, 1.807) is 0 Å². The van der Waals surface area contributed by atoms with E-state index in [0.29, 0.717) is 17.2 Å². The maximum atomic E-state index is 6.11. The second-order valence-electron chi connectivity index (χ2n) is 5.52. The van der Waals surface area contributed by atoms with E-state index < -0.39 is 0 Å². The van der Waals surface area contributed by atoms with Gasteiger partial charge >= 0.3 is 0 Å². The average Bonchev–Trinajstić information content (AvgIpc) is 2.28. The second kappa shape index (κ2) is 5.74. The first kappa shape index (κ1) is 14.3. The molecule has 0 amide bonds. The Labute approximate surface area is 105 Å². The zero-order valence-corrected chi connectivity index (χ0v) is 12.3. The van der Waals surface area contributed by atoms with Crippen molar-refractivity contribution in [2.24, 2.45) is 11.7 Å². The van der Waals surface area contributed by atoms with Gasteiger partial charge in [-0.3, -0.25) is 4.90 Å². The first-order valence-electron chi connectivity index (χ1n) is 6.50. The van der Waals surface area contributed by atoms with E-state index in [9.17, 15) is 0 Å². The predicted octanol–water partition coefficient (Wildman–Crippen LogP) is 2.58. The number of nitrogens with two attached hydrogens (primary N) is 1. The molecule has 1 aliphatic rings. The van der Waals surface area contributed by atoms with Crippen LogP contribution in [0.1, 0.15) is 40.5 Å². The number of rotatable bonds is 4. The third-order valence-electron chi connectivity index (χ3n) is 4.51. The van der Waals surface area contributed by atoms with Crippen LogP contribution in [0.15, 0.2) is 0 Å². The van der Waals surface area contributed by atoms with E-state index in [1.165, 1.54) is 18.6 Å². The largest absolute Gasteiger partial charge is 0.329 e. The van der Waals surface area contributed by atoms with Gasteiger partial charge in [-0.05, 0) is 38.5 Å². The lowest BCUT2D eigenvalue weighted by molar-refractivity contribution is 0.0534. The molecule has 3 atom stereocenters. The molecule has 96 valence electrons. The van der Waals surface area contributed by atoms with Crippen LogP contribution in [0.3, 0.4) is 0 Å². The van der Waals surface area contributed by atoms with Crippen molar-refractivity contribution in [2.75, 3.05) is 19.3 Å². The van der Waals surface area contributed by atoms with Gasteiger partial charge in [0.1, 0.15) is 0 Å². The fourth-order valence-corrected chi connectivity index (χ4v) is 4.08.